The predicted molar refractivity (Wildman–Crippen MR) is 132 cm³/mol. The van der Waals surface area contributed by atoms with Crippen molar-refractivity contribution in [1.29, 1.82) is 5.26 Å². The molecular weight excluding hydrogens is 450 g/mol. The van der Waals surface area contributed by atoms with Gasteiger partial charge >= 0.3 is 11.7 Å². The van der Waals surface area contributed by atoms with E-state index in [9.17, 15) is 4.79 Å². The summed E-state index contributed by atoms with van der Waals surface area (Å²) in [6.07, 6.45) is 4.08. The summed E-state index contributed by atoms with van der Waals surface area (Å²) in [7, 11) is 3.74. The molecule has 2 aromatic carbocycles. The zero-order valence-electron chi connectivity index (χ0n) is 18.6. The molecule has 0 amide bonds. The van der Waals surface area contributed by atoms with E-state index < -0.39 is 5.69 Å². The molecule has 1 aliphatic rings. The molecule has 1 N–H and O–H groups in total. The summed E-state index contributed by atoms with van der Waals surface area (Å²) in [5, 5.41) is 12.6. The summed E-state index contributed by atoms with van der Waals surface area (Å²) >= 11 is 1.59. The average molecular weight is 472 g/mol. The zero-order valence-corrected chi connectivity index (χ0v) is 19.4. The van der Waals surface area contributed by atoms with Crippen LogP contribution in [0, 0.1) is 11.5 Å². The Labute approximate surface area is 199 Å². The minimum absolute atomic E-state index is 0.0223. The Morgan fingerprint density at radius 2 is 2.00 bits per heavy atom. The SMILES string of the molecule is CN(C)c1nc(=O)n(-c2cccc(N=C(NC#N)Oc3ccccc3)c2)c2nc(C3CC3)sc12. The van der Waals surface area contributed by atoms with E-state index >= 15 is 0 Å². The number of nitriles is 1. The van der Waals surface area contributed by atoms with Gasteiger partial charge in [0.2, 0.25) is 0 Å². The van der Waals surface area contributed by atoms with Crippen LogP contribution >= 0.6 is 11.3 Å². The molecule has 0 atom stereocenters. The Hall–Kier alpha value is -4.23. The highest BCUT2D eigenvalue weighted by atomic mass is 32.1. The Morgan fingerprint density at radius 1 is 1.21 bits per heavy atom. The van der Waals surface area contributed by atoms with Gasteiger partial charge in [0.05, 0.1) is 16.4 Å². The van der Waals surface area contributed by atoms with Crippen LogP contribution in [0.5, 0.6) is 5.75 Å². The van der Waals surface area contributed by atoms with Gasteiger partial charge in [-0.3, -0.25) is 0 Å². The molecule has 1 aliphatic carbocycles. The fourth-order valence-electron chi connectivity index (χ4n) is 3.49. The highest BCUT2D eigenvalue weighted by Crippen LogP contribution is 2.44. The molecule has 170 valence electrons. The Bertz CT molecular complexity index is 1480. The van der Waals surface area contributed by atoms with Gasteiger partial charge in [-0.05, 0) is 43.2 Å². The molecule has 2 heterocycles. The second-order valence-corrected chi connectivity index (χ2v) is 9.05. The van der Waals surface area contributed by atoms with Crippen LogP contribution in [0.15, 0.2) is 64.4 Å². The number of rotatable bonds is 5. The molecule has 0 bridgehead atoms. The smallest absolute Gasteiger partial charge is 0.355 e. The number of para-hydroxylation sites is 1. The molecule has 0 saturated heterocycles. The van der Waals surface area contributed by atoms with Gasteiger partial charge in [0, 0.05) is 20.0 Å². The lowest BCUT2D eigenvalue weighted by molar-refractivity contribution is 0.531. The maximum atomic E-state index is 13.1. The number of fused-ring (bicyclic) bond motifs is 1. The van der Waals surface area contributed by atoms with Crippen molar-refractivity contribution in [2.24, 2.45) is 4.99 Å². The topological polar surface area (TPSA) is 108 Å². The van der Waals surface area contributed by atoms with Crippen LogP contribution < -0.4 is 20.6 Å². The molecule has 0 aliphatic heterocycles. The molecule has 2 aromatic heterocycles. The fourth-order valence-corrected chi connectivity index (χ4v) is 4.78. The first kappa shape index (κ1) is 21.6. The van der Waals surface area contributed by atoms with Gasteiger partial charge in [-0.2, -0.15) is 15.2 Å². The van der Waals surface area contributed by atoms with Gasteiger partial charge in [-0.1, -0.05) is 24.3 Å². The quantitative estimate of drug-likeness (QED) is 0.203. The van der Waals surface area contributed by atoms with Crippen LogP contribution in [-0.2, 0) is 0 Å². The number of benzene rings is 2. The van der Waals surface area contributed by atoms with Crippen molar-refractivity contribution in [3.8, 4) is 17.6 Å². The van der Waals surface area contributed by atoms with Crippen LogP contribution in [0.1, 0.15) is 23.8 Å². The summed E-state index contributed by atoms with van der Waals surface area (Å²) in [6, 6.07) is 16.2. The number of aliphatic imine (C=N–C) groups is 1. The normalized spacial score (nSPS) is 13.5. The summed E-state index contributed by atoms with van der Waals surface area (Å²) < 4.78 is 8.08. The molecule has 0 spiro atoms. The van der Waals surface area contributed by atoms with Crippen molar-refractivity contribution in [2.45, 2.75) is 18.8 Å². The standard InChI is InChI=1S/C24H21N7O2S/c1-30(2)20-19-21(28-22(34-19)15-11-12-15)31(24(32)29-20)17-8-6-7-16(13-17)27-23(26-14-25)33-18-9-4-3-5-10-18/h3-10,13,15H,11-12H2,1-2H3,(H,26,27). The lowest BCUT2D eigenvalue weighted by Gasteiger charge is -2.14. The van der Waals surface area contributed by atoms with E-state index in [0.717, 1.165) is 22.5 Å². The molecule has 4 aromatic rings. The predicted octanol–water partition coefficient (Wildman–Crippen LogP) is 3.92. The Kier molecular flexibility index (Phi) is 5.69. The maximum absolute atomic E-state index is 13.1. The van der Waals surface area contributed by atoms with E-state index in [1.54, 1.807) is 41.7 Å². The number of nitrogens with one attached hydrogen (secondary N) is 1. The average Bonchev–Trinajstić information content (AvgIpc) is 3.58. The van der Waals surface area contributed by atoms with E-state index in [4.69, 9.17) is 15.0 Å². The van der Waals surface area contributed by atoms with Crippen molar-refractivity contribution in [3.63, 3.8) is 0 Å². The summed E-state index contributed by atoms with van der Waals surface area (Å²) in [6.45, 7) is 0. The third-order valence-corrected chi connectivity index (χ3v) is 6.43. The van der Waals surface area contributed by atoms with E-state index in [0.29, 0.717) is 34.5 Å². The lowest BCUT2D eigenvalue weighted by Crippen LogP contribution is -2.25. The minimum atomic E-state index is -0.416. The van der Waals surface area contributed by atoms with E-state index in [2.05, 4.69) is 15.3 Å². The molecule has 34 heavy (non-hydrogen) atoms. The minimum Gasteiger partial charge on any atom is -0.425 e. The highest BCUT2D eigenvalue weighted by molar-refractivity contribution is 7.19. The van der Waals surface area contributed by atoms with Crippen molar-refractivity contribution in [2.75, 3.05) is 19.0 Å². The number of hydrogen-bond acceptors (Lipinski definition) is 8. The third kappa shape index (κ3) is 4.33. The number of nitrogens with zero attached hydrogens (tertiary/aromatic N) is 6. The molecule has 9 nitrogen and oxygen atoms in total. The van der Waals surface area contributed by atoms with E-state index in [1.165, 1.54) is 4.57 Å². The van der Waals surface area contributed by atoms with Crippen LogP contribution in [0.3, 0.4) is 0 Å². The second kappa shape index (κ2) is 8.96. The monoisotopic (exact) mass is 471 g/mol. The maximum Gasteiger partial charge on any atom is 0.355 e. The van der Waals surface area contributed by atoms with Crippen LogP contribution in [0.4, 0.5) is 11.5 Å². The molecular formula is C24H21N7O2S. The highest BCUT2D eigenvalue weighted by Gasteiger charge is 2.29. The van der Waals surface area contributed by atoms with Crippen LogP contribution in [0.2, 0.25) is 0 Å². The van der Waals surface area contributed by atoms with Gasteiger partial charge in [0.15, 0.2) is 17.7 Å². The Morgan fingerprint density at radius 3 is 2.71 bits per heavy atom. The lowest BCUT2D eigenvalue weighted by atomic mass is 10.2. The molecule has 10 heteroatoms. The largest absolute Gasteiger partial charge is 0.425 e. The number of thiazole rings is 1. The van der Waals surface area contributed by atoms with Gasteiger partial charge in [0.25, 0.3) is 0 Å². The van der Waals surface area contributed by atoms with Crippen LogP contribution in [0.25, 0.3) is 16.0 Å². The first-order valence-corrected chi connectivity index (χ1v) is 11.5. The van der Waals surface area contributed by atoms with Gasteiger partial charge < -0.3 is 9.64 Å². The van der Waals surface area contributed by atoms with Crippen LogP contribution in [-0.4, -0.2) is 34.7 Å². The van der Waals surface area contributed by atoms with Gasteiger partial charge in [-0.25, -0.2) is 19.7 Å². The zero-order chi connectivity index (χ0) is 23.7. The molecule has 0 radical (unpaired) electrons. The summed E-state index contributed by atoms with van der Waals surface area (Å²) in [5.74, 6) is 1.62. The first-order chi connectivity index (χ1) is 16.5. The summed E-state index contributed by atoms with van der Waals surface area (Å²) in [4.78, 5) is 28.5. The van der Waals surface area contributed by atoms with Gasteiger partial charge in [0.1, 0.15) is 10.4 Å². The number of anilines is 1. The third-order valence-electron chi connectivity index (χ3n) is 5.22. The van der Waals surface area contributed by atoms with Crippen molar-refractivity contribution < 1.29 is 4.74 Å². The number of aromatic nitrogens is 3. The van der Waals surface area contributed by atoms with Crippen molar-refractivity contribution in [1.82, 2.24) is 19.9 Å². The second-order valence-electron chi connectivity index (χ2n) is 8.02. The molecule has 0 unspecified atom stereocenters. The van der Waals surface area contributed by atoms with E-state index in [-0.39, 0.29) is 6.02 Å². The first-order valence-electron chi connectivity index (χ1n) is 10.7. The van der Waals surface area contributed by atoms with Gasteiger partial charge in [-0.15, -0.1) is 11.3 Å². The van der Waals surface area contributed by atoms with E-state index in [1.807, 2.05) is 49.5 Å². The summed E-state index contributed by atoms with van der Waals surface area (Å²) in [5.41, 5.74) is 1.26. The molecule has 1 fully saturated rings. The van der Waals surface area contributed by atoms with Crippen molar-refractivity contribution >= 4 is 39.2 Å². The number of ether oxygens (including phenoxy) is 1. The fraction of sp³-hybridized carbons (Fsp3) is 0.208. The number of amidine groups is 1. The number of hydrogen-bond donors (Lipinski definition) is 1. The molecule has 5 rings (SSSR count). The molecule has 1 saturated carbocycles. The Balaban J connectivity index is 1.59. The van der Waals surface area contributed by atoms with Crippen molar-refractivity contribution in [3.05, 3.63) is 70.1 Å².